The van der Waals surface area contributed by atoms with E-state index in [2.05, 4.69) is 81.5 Å². The lowest BCUT2D eigenvalue weighted by Crippen LogP contribution is -2.30. The summed E-state index contributed by atoms with van der Waals surface area (Å²) in [6, 6.07) is 0. The third kappa shape index (κ3) is 50.1. The molecule has 0 fully saturated rings. The number of carbonyl (C=O) groups excluding carboxylic acids is 3. The maximum absolute atomic E-state index is 12.9. The van der Waals surface area contributed by atoms with Crippen LogP contribution < -0.4 is 0 Å². The molecule has 3 unspecified atom stereocenters. The van der Waals surface area contributed by atoms with Crippen molar-refractivity contribution < 1.29 is 52.2 Å². The van der Waals surface area contributed by atoms with Crippen molar-refractivity contribution in [1.29, 1.82) is 0 Å². The molecule has 0 spiro atoms. The maximum atomic E-state index is 12.9. The van der Waals surface area contributed by atoms with E-state index in [0.717, 1.165) is 116 Å². The molecule has 406 valence electrons. The van der Waals surface area contributed by atoms with E-state index in [1.165, 1.54) is 77.0 Å². The number of allylic oxidation sites excluding steroid dienone is 10. The van der Waals surface area contributed by atoms with Gasteiger partial charge >= 0.3 is 25.7 Å². The largest absolute Gasteiger partial charge is 0.472 e. The second-order valence-electron chi connectivity index (χ2n) is 18.7. The third-order valence-corrected chi connectivity index (χ3v) is 12.9. The number of unbranched alkanes of at least 4 members (excludes halogenated alkanes) is 25. The minimum atomic E-state index is -4.75. The van der Waals surface area contributed by atoms with Crippen LogP contribution in [-0.2, 0) is 42.2 Å². The predicted molar refractivity (Wildman–Crippen MR) is 288 cm³/mol. The van der Waals surface area contributed by atoms with E-state index in [1.54, 1.807) is 0 Å². The van der Waals surface area contributed by atoms with Crippen molar-refractivity contribution in [3.05, 3.63) is 60.8 Å². The normalized spacial score (nSPS) is 13.8. The summed E-state index contributed by atoms with van der Waals surface area (Å²) in [7, 11) is -4.75. The first-order valence-electron chi connectivity index (χ1n) is 28.2. The summed E-state index contributed by atoms with van der Waals surface area (Å²) >= 11 is 0. The smallest absolute Gasteiger partial charge is 0.462 e. The topological polar surface area (TPSA) is 155 Å². The second kappa shape index (κ2) is 52.5. The molecule has 0 radical (unpaired) electrons. The Kier molecular flexibility index (Phi) is 50.4. The molecule has 0 aliphatic rings. The Morgan fingerprint density at radius 2 is 0.743 bits per heavy atom. The van der Waals surface area contributed by atoms with Crippen molar-refractivity contribution in [1.82, 2.24) is 0 Å². The highest BCUT2D eigenvalue weighted by atomic mass is 31.2. The van der Waals surface area contributed by atoms with Gasteiger partial charge in [-0.3, -0.25) is 23.4 Å². The van der Waals surface area contributed by atoms with E-state index in [-0.39, 0.29) is 25.9 Å². The van der Waals surface area contributed by atoms with Crippen molar-refractivity contribution in [2.75, 3.05) is 26.4 Å². The molecule has 0 rings (SSSR count). The van der Waals surface area contributed by atoms with Crippen LogP contribution in [0.3, 0.4) is 0 Å². The quantitative estimate of drug-likeness (QED) is 0.0197. The van der Waals surface area contributed by atoms with E-state index in [0.29, 0.717) is 19.3 Å². The number of esters is 3. The number of ether oxygens (including phenoxy) is 3. The van der Waals surface area contributed by atoms with Gasteiger partial charge in [-0.25, -0.2) is 4.57 Å². The van der Waals surface area contributed by atoms with Crippen molar-refractivity contribution in [2.45, 2.75) is 264 Å². The molecule has 3 atom stereocenters. The summed E-state index contributed by atoms with van der Waals surface area (Å²) < 4.78 is 39.5. The Balaban J connectivity index is 4.76. The number of aliphatic hydroxyl groups excluding tert-OH is 1. The molecule has 2 N–H and O–H groups in total. The number of carbonyl (C=O) groups is 3. The van der Waals surface area contributed by atoms with Crippen molar-refractivity contribution in [3.63, 3.8) is 0 Å². The lowest BCUT2D eigenvalue weighted by molar-refractivity contribution is -0.161. The molecule has 0 aromatic heterocycles. The van der Waals surface area contributed by atoms with Crippen LogP contribution in [0.15, 0.2) is 60.8 Å². The minimum Gasteiger partial charge on any atom is -0.462 e. The Labute approximate surface area is 427 Å². The van der Waals surface area contributed by atoms with Crippen molar-refractivity contribution in [3.8, 4) is 0 Å². The molecule has 0 heterocycles. The molecule has 11 nitrogen and oxygen atoms in total. The first kappa shape index (κ1) is 67.2. The van der Waals surface area contributed by atoms with Gasteiger partial charge in [-0.05, 0) is 83.5 Å². The van der Waals surface area contributed by atoms with Crippen molar-refractivity contribution in [2.24, 2.45) is 0 Å². The molecule has 70 heavy (non-hydrogen) atoms. The van der Waals surface area contributed by atoms with Crippen LogP contribution in [0.5, 0.6) is 0 Å². The molecule has 0 saturated carbocycles. The molecule has 0 saturated heterocycles. The summed E-state index contributed by atoms with van der Waals surface area (Å²) in [6.07, 6.45) is 56.0. The van der Waals surface area contributed by atoms with Crippen molar-refractivity contribution >= 4 is 25.7 Å². The van der Waals surface area contributed by atoms with Gasteiger partial charge in [-0.15, -0.1) is 0 Å². The van der Waals surface area contributed by atoms with Crippen LogP contribution in [0.4, 0.5) is 0 Å². The molecule has 0 aromatic carbocycles. The molecule has 0 bridgehead atoms. The van der Waals surface area contributed by atoms with Gasteiger partial charge in [-0.2, -0.15) is 0 Å². The Morgan fingerprint density at radius 1 is 0.414 bits per heavy atom. The van der Waals surface area contributed by atoms with Gasteiger partial charge in [0.05, 0.1) is 19.8 Å². The van der Waals surface area contributed by atoms with Crippen LogP contribution in [0.2, 0.25) is 0 Å². The second-order valence-corrected chi connectivity index (χ2v) is 20.2. The number of phosphoric acid groups is 1. The number of aliphatic hydroxyl groups is 1. The van der Waals surface area contributed by atoms with Crippen LogP contribution in [-0.4, -0.2) is 66.5 Å². The van der Waals surface area contributed by atoms with Gasteiger partial charge < -0.3 is 24.2 Å². The van der Waals surface area contributed by atoms with Crippen LogP contribution in [0.1, 0.15) is 252 Å². The molecular formula is C58H103O11P. The predicted octanol–water partition coefficient (Wildman–Crippen LogP) is 16.4. The van der Waals surface area contributed by atoms with Crippen LogP contribution in [0.25, 0.3) is 0 Å². The van der Waals surface area contributed by atoms with Gasteiger partial charge in [0, 0.05) is 19.3 Å². The van der Waals surface area contributed by atoms with Gasteiger partial charge in [0.25, 0.3) is 0 Å². The van der Waals surface area contributed by atoms with E-state index in [9.17, 15) is 28.9 Å². The number of hydrogen-bond donors (Lipinski definition) is 2. The lowest BCUT2D eigenvalue weighted by atomic mass is 10.0. The SMILES string of the molecule is CC/C=C\C/C=C\C/C=C\CCCCCCCC(=O)OC(COC(=O)CCCCCCC/C=C\C/C=C\CCCCC)COP(=O)(O)OCC(CO)OC(=O)CCCCCCCCCCCCCCC. The number of phosphoric ester groups is 1. The van der Waals surface area contributed by atoms with E-state index >= 15 is 0 Å². The maximum Gasteiger partial charge on any atom is 0.472 e. The molecule has 0 amide bonds. The Bertz CT molecular complexity index is 1410. The van der Waals surface area contributed by atoms with E-state index < -0.39 is 57.8 Å². The summed E-state index contributed by atoms with van der Waals surface area (Å²) in [4.78, 5) is 48.5. The zero-order chi connectivity index (χ0) is 51.3. The van der Waals surface area contributed by atoms with E-state index in [4.69, 9.17) is 23.3 Å². The fraction of sp³-hybridized carbons (Fsp3) is 0.776. The zero-order valence-corrected chi connectivity index (χ0v) is 45.6. The monoisotopic (exact) mass is 1010 g/mol. The Morgan fingerprint density at radius 3 is 1.17 bits per heavy atom. The molecule has 0 aliphatic carbocycles. The molecular weight excluding hydrogens is 904 g/mol. The highest BCUT2D eigenvalue weighted by molar-refractivity contribution is 7.47. The van der Waals surface area contributed by atoms with Gasteiger partial charge in [0.1, 0.15) is 12.7 Å². The molecule has 12 heteroatoms. The molecule has 0 aromatic rings. The average molecular weight is 1010 g/mol. The zero-order valence-electron chi connectivity index (χ0n) is 44.7. The fourth-order valence-corrected chi connectivity index (χ4v) is 8.42. The van der Waals surface area contributed by atoms with Gasteiger partial charge in [-0.1, -0.05) is 210 Å². The summed E-state index contributed by atoms with van der Waals surface area (Å²) in [5.41, 5.74) is 0. The summed E-state index contributed by atoms with van der Waals surface area (Å²) in [5, 5.41) is 9.80. The molecule has 0 aliphatic heterocycles. The highest BCUT2D eigenvalue weighted by Gasteiger charge is 2.28. The van der Waals surface area contributed by atoms with Gasteiger partial charge in [0.15, 0.2) is 6.10 Å². The van der Waals surface area contributed by atoms with Crippen LogP contribution >= 0.6 is 7.82 Å². The first-order chi connectivity index (χ1) is 34.2. The Hall–Kier alpha value is -2.82. The fourth-order valence-electron chi connectivity index (χ4n) is 7.64. The highest BCUT2D eigenvalue weighted by Crippen LogP contribution is 2.43. The summed E-state index contributed by atoms with van der Waals surface area (Å²) in [6.45, 7) is 4.48. The first-order valence-corrected chi connectivity index (χ1v) is 29.7. The lowest BCUT2D eigenvalue weighted by Gasteiger charge is -2.21. The third-order valence-electron chi connectivity index (χ3n) is 11.9. The standard InChI is InChI=1S/C58H103O11P/c1-4-7-10-13-16-19-22-25-27-30-32-35-38-41-44-47-56(60)65-51-55(69-58(62)49-46-43-40-37-34-31-28-26-23-20-17-14-11-8-5-2)53-67-70(63,64)66-52-54(50-59)68-57(61)48-45-42-39-36-33-29-24-21-18-15-12-9-6-3/h8,11,16-17,19-20,25-28,54-55,59H,4-7,9-10,12-15,18,21-24,29-53H2,1-3H3,(H,63,64)/b11-8-,19-16-,20-17-,27-25-,28-26-. The van der Waals surface area contributed by atoms with Crippen LogP contribution in [0, 0.1) is 0 Å². The minimum absolute atomic E-state index is 0.145. The average Bonchev–Trinajstić information content (AvgIpc) is 3.35. The van der Waals surface area contributed by atoms with E-state index in [1.807, 2.05) is 0 Å². The number of rotatable bonds is 52. The van der Waals surface area contributed by atoms with Gasteiger partial charge in [0.2, 0.25) is 0 Å². The summed E-state index contributed by atoms with van der Waals surface area (Å²) in [5.74, 6) is -1.49. The number of hydrogen-bond acceptors (Lipinski definition) is 10.